The van der Waals surface area contributed by atoms with Gasteiger partial charge < -0.3 is 4.74 Å². The molecule has 0 radical (unpaired) electrons. The van der Waals surface area contributed by atoms with E-state index in [1.807, 2.05) is 0 Å². The number of ether oxygens (including phenoxy) is 1. The van der Waals surface area contributed by atoms with E-state index in [4.69, 9.17) is 21.2 Å². The first-order valence-corrected chi connectivity index (χ1v) is 18.3. The van der Waals surface area contributed by atoms with Gasteiger partial charge in [-0.2, -0.15) is 26.3 Å². The molecule has 43 heavy (non-hydrogen) atoms. The molecule has 3 aromatic rings. The van der Waals surface area contributed by atoms with Crippen LogP contribution in [-0.2, 0) is 34.4 Å². The molecule has 0 spiro atoms. The van der Waals surface area contributed by atoms with Gasteiger partial charge in [-0.15, -0.1) is 11.3 Å². The van der Waals surface area contributed by atoms with E-state index < -0.39 is 50.1 Å². The molecular formula is C25H31ClN6O7S4. The number of nitrogens with one attached hydrogen (secondary N) is 2. The Morgan fingerprint density at radius 2 is 1.98 bits per heavy atom. The Morgan fingerprint density at radius 3 is 2.67 bits per heavy atom. The minimum atomic E-state index is -4.19. The molecule has 5 rings (SSSR count). The number of hydroxylamine groups is 1. The largest absolute Gasteiger partial charge is 0.350 e. The number of rotatable bonds is 11. The standard InChI is InChI=1S/C25H31ClN6O7S4/c26-18-6-4-17(5-7-18)21-8-9-23(41-21)43(36,37)32-12-11-31(42(34,35)14-10-20(40)24-27-16-28-29-24)15-19(32)25(33)30-39-22-3-1-2-13-38-22/h4-9,16,19-20,22,40H,1-3,10-15H2,(H,30,33)(H,27,28,29)/t19-,20?,22?/m1/s1. The van der Waals surface area contributed by atoms with Gasteiger partial charge in [-0.3, -0.25) is 9.89 Å². The molecule has 4 heterocycles. The summed E-state index contributed by atoms with van der Waals surface area (Å²) in [6.07, 6.45) is 3.05. The summed E-state index contributed by atoms with van der Waals surface area (Å²) in [4.78, 5) is 23.6. The van der Waals surface area contributed by atoms with Crippen molar-refractivity contribution in [2.45, 2.75) is 47.5 Å². The van der Waals surface area contributed by atoms with E-state index in [2.05, 4.69) is 33.3 Å². The number of carbonyl (C=O) groups is 1. The number of nitrogens with zero attached hydrogens (tertiary/aromatic N) is 4. The summed E-state index contributed by atoms with van der Waals surface area (Å²) in [7, 11) is -8.09. The van der Waals surface area contributed by atoms with Crippen molar-refractivity contribution >= 4 is 61.5 Å². The maximum absolute atomic E-state index is 13.9. The molecule has 1 aromatic carbocycles. The first-order chi connectivity index (χ1) is 20.5. The lowest BCUT2D eigenvalue weighted by atomic mass is 10.2. The number of aromatic nitrogens is 3. The van der Waals surface area contributed by atoms with E-state index in [1.54, 1.807) is 30.3 Å². The van der Waals surface area contributed by atoms with Gasteiger partial charge in [0.2, 0.25) is 10.0 Å². The van der Waals surface area contributed by atoms with Gasteiger partial charge in [0.25, 0.3) is 15.9 Å². The minimum Gasteiger partial charge on any atom is -0.350 e. The molecular weight excluding hydrogens is 660 g/mol. The fraction of sp³-hybridized carbons (Fsp3) is 0.480. The van der Waals surface area contributed by atoms with Crippen LogP contribution < -0.4 is 5.48 Å². The molecule has 18 heteroatoms. The predicted octanol–water partition coefficient (Wildman–Crippen LogP) is 2.83. The second kappa shape index (κ2) is 13.9. The van der Waals surface area contributed by atoms with E-state index >= 15 is 0 Å². The third-order valence-corrected chi connectivity index (χ3v) is 13.2. The molecule has 2 N–H and O–H groups in total. The van der Waals surface area contributed by atoms with Gasteiger partial charge in [0, 0.05) is 42.6 Å². The Labute approximate surface area is 264 Å². The van der Waals surface area contributed by atoms with Crippen molar-refractivity contribution in [1.82, 2.24) is 29.3 Å². The number of piperazine rings is 1. The summed E-state index contributed by atoms with van der Waals surface area (Å²) in [5, 5.41) is 6.48. The summed E-state index contributed by atoms with van der Waals surface area (Å²) in [6.45, 7) is -0.282. The highest BCUT2D eigenvalue weighted by atomic mass is 35.5. The van der Waals surface area contributed by atoms with Gasteiger partial charge in [0.1, 0.15) is 22.4 Å². The van der Waals surface area contributed by atoms with E-state index in [-0.39, 0.29) is 29.5 Å². The van der Waals surface area contributed by atoms with Crippen LogP contribution in [0.4, 0.5) is 0 Å². The number of carbonyl (C=O) groups excluding carboxylic acids is 1. The zero-order valence-electron chi connectivity index (χ0n) is 22.8. The van der Waals surface area contributed by atoms with Gasteiger partial charge in [-0.25, -0.2) is 32.1 Å². The molecule has 2 aliphatic heterocycles. The Bertz CT molecular complexity index is 1600. The average molecular weight is 691 g/mol. The lowest BCUT2D eigenvalue weighted by Crippen LogP contribution is -2.61. The molecule has 2 saturated heterocycles. The number of halogens is 1. The smallest absolute Gasteiger partial charge is 0.263 e. The van der Waals surface area contributed by atoms with Crippen molar-refractivity contribution < 1.29 is 31.2 Å². The van der Waals surface area contributed by atoms with Gasteiger partial charge >= 0.3 is 0 Å². The summed E-state index contributed by atoms with van der Waals surface area (Å²) in [6, 6.07) is 8.76. The second-order valence-electron chi connectivity index (χ2n) is 9.99. The van der Waals surface area contributed by atoms with Gasteiger partial charge in [0.05, 0.1) is 11.0 Å². The van der Waals surface area contributed by atoms with Crippen LogP contribution in [0, 0.1) is 0 Å². The third kappa shape index (κ3) is 7.77. The Balaban J connectivity index is 1.35. The Morgan fingerprint density at radius 1 is 1.19 bits per heavy atom. The monoisotopic (exact) mass is 690 g/mol. The van der Waals surface area contributed by atoms with Crippen LogP contribution in [0.5, 0.6) is 0 Å². The number of hydrogen-bond donors (Lipinski definition) is 3. The minimum absolute atomic E-state index is 0.0214. The van der Waals surface area contributed by atoms with Crippen LogP contribution in [0.25, 0.3) is 10.4 Å². The number of hydrogen-bond acceptors (Lipinski definition) is 11. The average Bonchev–Trinajstić information content (AvgIpc) is 3.73. The van der Waals surface area contributed by atoms with Crippen LogP contribution in [-0.4, -0.2) is 90.9 Å². The van der Waals surface area contributed by atoms with Crippen molar-refractivity contribution in [3.63, 3.8) is 0 Å². The topological polar surface area (TPSA) is 164 Å². The van der Waals surface area contributed by atoms with Crippen molar-refractivity contribution in [3.05, 3.63) is 53.6 Å². The summed E-state index contributed by atoms with van der Waals surface area (Å²) in [5.41, 5.74) is 3.11. The van der Waals surface area contributed by atoms with Crippen molar-refractivity contribution in [3.8, 4) is 10.4 Å². The lowest BCUT2D eigenvalue weighted by molar-refractivity contribution is -0.202. The SMILES string of the molecule is O=C(NOC1CCCCO1)[C@H]1CN(S(=O)(=O)CCC(S)c2ncn[nH]2)CCN1S(=O)(=O)c1ccc(-c2ccc(Cl)cc2)s1. The number of benzene rings is 1. The normalized spacial score (nSPS) is 21.4. The van der Waals surface area contributed by atoms with E-state index in [1.165, 1.54) is 12.4 Å². The van der Waals surface area contributed by atoms with Crippen LogP contribution in [0.15, 0.2) is 46.9 Å². The maximum Gasteiger partial charge on any atom is 0.263 e. The first kappa shape index (κ1) is 32.3. The number of amides is 1. The van der Waals surface area contributed by atoms with Crippen LogP contribution >= 0.6 is 35.6 Å². The second-order valence-corrected chi connectivity index (χ2v) is 16.3. The van der Waals surface area contributed by atoms with E-state index in [9.17, 15) is 21.6 Å². The van der Waals surface area contributed by atoms with Crippen LogP contribution in [0.1, 0.15) is 36.8 Å². The predicted molar refractivity (Wildman–Crippen MR) is 163 cm³/mol. The zero-order valence-corrected chi connectivity index (χ0v) is 26.9. The van der Waals surface area contributed by atoms with Gasteiger partial charge in [0.15, 0.2) is 6.29 Å². The molecule has 2 unspecified atom stereocenters. The number of thiophene rings is 1. The molecule has 0 aliphatic carbocycles. The summed E-state index contributed by atoms with van der Waals surface area (Å²) in [5.74, 6) is -0.645. The molecule has 0 bridgehead atoms. The maximum atomic E-state index is 13.9. The Hall–Kier alpha value is -2.09. The number of sulfonamides is 2. The van der Waals surface area contributed by atoms with E-state index in [0.717, 1.165) is 38.4 Å². The quantitative estimate of drug-likeness (QED) is 0.203. The highest BCUT2D eigenvalue weighted by Crippen LogP contribution is 2.34. The fourth-order valence-electron chi connectivity index (χ4n) is 4.74. The van der Waals surface area contributed by atoms with Crippen molar-refractivity contribution in [2.75, 3.05) is 32.0 Å². The third-order valence-electron chi connectivity index (χ3n) is 7.09. The highest BCUT2D eigenvalue weighted by molar-refractivity contribution is 7.91. The summed E-state index contributed by atoms with van der Waals surface area (Å²) < 4.78 is 62.1. The van der Waals surface area contributed by atoms with Crippen molar-refractivity contribution in [2.24, 2.45) is 0 Å². The molecule has 2 fully saturated rings. The van der Waals surface area contributed by atoms with Crippen LogP contribution in [0.3, 0.4) is 0 Å². The summed E-state index contributed by atoms with van der Waals surface area (Å²) >= 11 is 11.5. The molecule has 234 valence electrons. The molecule has 0 saturated carbocycles. The zero-order chi connectivity index (χ0) is 30.6. The molecule has 13 nitrogen and oxygen atoms in total. The van der Waals surface area contributed by atoms with Crippen LogP contribution in [0.2, 0.25) is 5.02 Å². The first-order valence-electron chi connectivity index (χ1n) is 13.5. The van der Waals surface area contributed by atoms with Crippen molar-refractivity contribution in [1.29, 1.82) is 0 Å². The lowest BCUT2D eigenvalue weighted by Gasteiger charge is -2.38. The highest BCUT2D eigenvalue weighted by Gasteiger charge is 2.44. The van der Waals surface area contributed by atoms with Gasteiger partial charge in [-0.05, 0) is 49.1 Å². The fourth-order valence-corrected chi connectivity index (χ4v) is 9.82. The number of H-pyrrole nitrogens is 1. The molecule has 2 aromatic heterocycles. The van der Waals surface area contributed by atoms with E-state index in [0.29, 0.717) is 28.8 Å². The number of thiol groups is 1. The van der Waals surface area contributed by atoms with Gasteiger partial charge in [-0.1, -0.05) is 23.7 Å². The Kier molecular flexibility index (Phi) is 10.5. The molecule has 2 aliphatic rings. The number of aromatic amines is 1. The molecule has 3 atom stereocenters. The molecule has 1 amide bonds.